The molecule has 0 aromatic rings. The number of allylic oxidation sites excluding steroid dienone is 1. The van der Waals surface area contributed by atoms with E-state index in [2.05, 4.69) is 19.6 Å². The summed E-state index contributed by atoms with van der Waals surface area (Å²) in [5, 5.41) is 0. The van der Waals surface area contributed by atoms with Crippen LogP contribution in [0.3, 0.4) is 0 Å². The van der Waals surface area contributed by atoms with Gasteiger partial charge < -0.3 is 0 Å². The van der Waals surface area contributed by atoms with Crippen molar-refractivity contribution in [1.82, 2.24) is 0 Å². The van der Waals surface area contributed by atoms with Gasteiger partial charge in [-0.05, 0) is 13.3 Å². The van der Waals surface area contributed by atoms with Crippen LogP contribution in [0.25, 0.3) is 0 Å². The summed E-state index contributed by atoms with van der Waals surface area (Å²) < 4.78 is 0. The fourth-order valence-electron chi connectivity index (χ4n) is 0.935. The zero-order valence-corrected chi connectivity index (χ0v) is 9.03. The topological polar surface area (TPSA) is 17.1 Å². The van der Waals surface area contributed by atoms with E-state index in [1.54, 1.807) is 0 Å². The first-order chi connectivity index (χ1) is 4.95. The fourth-order valence-corrected chi connectivity index (χ4v) is 2.17. The van der Waals surface area contributed by atoms with Gasteiger partial charge in [-0.3, -0.25) is 0 Å². The maximum atomic E-state index is 10.1. The van der Waals surface area contributed by atoms with E-state index in [9.17, 15) is 4.79 Å². The Morgan fingerprint density at radius 2 is 1.91 bits per heavy atom. The molecule has 0 aliphatic heterocycles. The fraction of sp³-hybridized carbons (Fsp3) is 0.778. The largest absolute Gasteiger partial charge is 0.234 e. The molecule has 0 unspecified atom stereocenters. The molecule has 0 rings (SSSR count). The van der Waals surface area contributed by atoms with Crippen LogP contribution < -0.4 is 0 Å². The molecule has 0 heterocycles. The van der Waals surface area contributed by atoms with Crippen molar-refractivity contribution < 1.29 is 4.79 Å². The third-order valence-corrected chi connectivity index (χ3v) is 3.51. The van der Waals surface area contributed by atoms with E-state index < -0.39 is 8.07 Å². The van der Waals surface area contributed by atoms with Gasteiger partial charge in [-0.15, -0.1) is 0 Å². The number of hydrogen-bond acceptors (Lipinski definition) is 1. The minimum atomic E-state index is -0.880. The summed E-state index contributed by atoms with van der Waals surface area (Å²) >= 11 is 0. The summed E-state index contributed by atoms with van der Waals surface area (Å²) in [5.74, 6) is 1.93. The Bertz CT molecular complexity index is 161. The van der Waals surface area contributed by atoms with Crippen LogP contribution in [0.1, 0.15) is 19.8 Å². The molecular weight excluding hydrogens is 152 g/mol. The Kier molecular flexibility index (Phi) is 4.39. The van der Waals surface area contributed by atoms with Gasteiger partial charge in [0.2, 0.25) is 0 Å². The maximum absolute atomic E-state index is 10.1. The van der Waals surface area contributed by atoms with E-state index in [4.69, 9.17) is 0 Å². The summed E-state index contributed by atoms with van der Waals surface area (Å²) in [6, 6.07) is 1.31. The quantitative estimate of drug-likeness (QED) is 0.468. The lowest BCUT2D eigenvalue weighted by molar-refractivity contribution is 0.566. The Morgan fingerprint density at radius 1 is 1.36 bits per heavy atom. The highest BCUT2D eigenvalue weighted by molar-refractivity contribution is 6.76. The molecule has 0 aliphatic rings. The van der Waals surface area contributed by atoms with E-state index in [1.165, 1.54) is 6.04 Å². The van der Waals surface area contributed by atoms with Crippen molar-refractivity contribution in [2.75, 3.05) is 0 Å². The number of hydrogen-bond donors (Lipinski definition) is 0. The van der Waals surface area contributed by atoms with Gasteiger partial charge in [0.05, 0.1) is 0 Å². The van der Waals surface area contributed by atoms with E-state index in [0.717, 1.165) is 18.4 Å². The molecule has 0 amide bonds. The normalized spacial score (nSPS) is 10.9. The Balaban J connectivity index is 3.51. The van der Waals surface area contributed by atoms with Gasteiger partial charge in [-0.2, -0.15) is 0 Å². The van der Waals surface area contributed by atoms with Crippen molar-refractivity contribution >= 4 is 14.0 Å². The molecule has 0 atom stereocenters. The predicted molar refractivity (Wildman–Crippen MR) is 52.3 cm³/mol. The lowest BCUT2D eigenvalue weighted by atomic mass is 10.2. The molecule has 0 radical (unpaired) electrons. The summed E-state index contributed by atoms with van der Waals surface area (Å²) in [4.78, 5) is 10.1. The van der Waals surface area contributed by atoms with Gasteiger partial charge in [-0.1, -0.05) is 32.1 Å². The van der Waals surface area contributed by atoms with Crippen LogP contribution in [0.4, 0.5) is 0 Å². The third-order valence-electron chi connectivity index (χ3n) is 1.65. The van der Waals surface area contributed by atoms with Gasteiger partial charge >= 0.3 is 0 Å². The zero-order chi connectivity index (χ0) is 8.91. The van der Waals surface area contributed by atoms with Crippen molar-refractivity contribution in [2.45, 2.75) is 45.5 Å². The third kappa shape index (κ3) is 7.56. The van der Waals surface area contributed by atoms with Crippen molar-refractivity contribution in [3.05, 3.63) is 5.57 Å². The molecule has 0 aromatic carbocycles. The van der Waals surface area contributed by atoms with Gasteiger partial charge in [0.15, 0.2) is 0 Å². The number of carbonyl (C=O) groups excluding carboxylic acids is 1. The van der Waals surface area contributed by atoms with E-state index in [1.807, 2.05) is 12.9 Å². The Hall–Kier alpha value is -0.333. The van der Waals surface area contributed by atoms with Crippen molar-refractivity contribution in [2.24, 2.45) is 0 Å². The first-order valence-corrected chi connectivity index (χ1v) is 7.87. The SMILES string of the molecule is CC(=C=O)CCC[Si](C)(C)C. The van der Waals surface area contributed by atoms with Crippen LogP contribution in [-0.4, -0.2) is 14.0 Å². The highest BCUT2D eigenvalue weighted by Crippen LogP contribution is 2.14. The Labute approximate surface area is 70.5 Å². The summed E-state index contributed by atoms with van der Waals surface area (Å²) in [7, 11) is -0.880. The lowest BCUT2D eigenvalue weighted by Gasteiger charge is -2.14. The minimum Gasteiger partial charge on any atom is -0.234 e. The highest BCUT2D eigenvalue weighted by atomic mass is 28.3. The standard InChI is InChI=1S/C9H18OSi/c1-9(8-10)6-5-7-11(2,3)4/h5-7H2,1-4H3. The van der Waals surface area contributed by atoms with Crippen LogP contribution in [0.15, 0.2) is 5.57 Å². The molecule has 0 aliphatic carbocycles. The highest BCUT2D eigenvalue weighted by Gasteiger charge is 2.11. The van der Waals surface area contributed by atoms with E-state index in [0.29, 0.717) is 0 Å². The molecule has 1 nitrogen and oxygen atoms in total. The van der Waals surface area contributed by atoms with Crippen LogP contribution in [0, 0.1) is 0 Å². The van der Waals surface area contributed by atoms with Gasteiger partial charge in [0.25, 0.3) is 0 Å². The smallest absolute Gasteiger partial charge is 0.123 e. The second kappa shape index (κ2) is 4.53. The molecule has 0 spiro atoms. The first kappa shape index (κ1) is 10.7. The van der Waals surface area contributed by atoms with Crippen LogP contribution in [0.2, 0.25) is 25.7 Å². The molecule has 2 heteroatoms. The first-order valence-electron chi connectivity index (χ1n) is 4.16. The van der Waals surface area contributed by atoms with E-state index in [-0.39, 0.29) is 0 Å². The average molecular weight is 170 g/mol. The van der Waals surface area contributed by atoms with E-state index >= 15 is 0 Å². The molecule has 0 saturated carbocycles. The molecule has 0 N–H and O–H groups in total. The Morgan fingerprint density at radius 3 is 2.27 bits per heavy atom. The van der Waals surface area contributed by atoms with Gasteiger partial charge in [0, 0.05) is 13.6 Å². The van der Waals surface area contributed by atoms with Crippen LogP contribution >= 0.6 is 0 Å². The molecule has 11 heavy (non-hydrogen) atoms. The van der Waals surface area contributed by atoms with Crippen molar-refractivity contribution in [3.63, 3.8) is 0 Å². The van der Waals surface area contributed by atoms with Crippen LogP contribution in [-0.2, 0) is 4.79 Å². The van der Waals surface area contributed by atoms with Crippen molar-refractivity contribution in [1.29, 1.82) is 0 Å². The molecular formula is C9H18OSi. The van der Waals surface area contributed by atoms with Gasteiger partial charge in [0.1, 0.15) is 5.94 Å². The molecule has 0 fully saturated rings. The predicted octanol–water partition coefficient (Wildman–Crippen LogP) is 2.88. The van der Waals surface area contributed by atoms with Gasteiger partial charge in [-0.25, -0.2) is 4.79 Å². The summed E-state index contributed by atoms with van der Waals surface area (Å²) in [6.45, 7) is 8.92. The number of rotatable bonds is 4. The summed E-state index contributed by atoms with van der Waals surface area (Å²) in [6.07, 6.45) is 2.10. The minimum absolute atomic E-state index is 0.864. The molecule has 0 bridgehead atoms. The maximum Gasteiger partial charge on any atom is 0.123 e. The lowest BCUT2D eigenvalue weighted by Crippen LogP contribution is -2.18. The molecule has 0 saturated heterocycles. The second-order valence-electron chi connectivity index (χ2n) is 4.30. The zero-order valence-electron chi connectivity index (χ0n) is 8.03. The average Bonchev–Trinajstić information content (AvgIpc) is 1.85. The summed E-state index contributed by atoms with van der Waals surface area (Å²) in [5.41, 5.74) is 0.864. The van der Waals surface area contributed by atoms with Crippen molar-refractivity contribution in [3.8, 4) is 0 Å². The second-order valence-corrected chi connectivity index (χ2v) is 9.92. The molecule has 64 valence electrons. The monoisotopic (exact) mass is 170 g/mol. The van der Waals surface area contributed by atoms with Crippen LogP contribution in [0.5, 0.6) is 0 Å². The molecule has 0 aromatic heterocycles.